The Labute approximate surface area is 167 Å². The van der Waals surface area contributed by atoms with Crippen molar-refractivity contribution >= 4 is 39.3 Å². The van der Waals surface area contributed by atoms with E-state index in [1.165, 1.54) is 24.9 Å². The van der Waals surface area contributed by atoms with Gasteiger partial charge in [0.25, 0.3) is 5.56 Å². The molecule has 0 aliphatic rings. The van der Waals surface area contributed by atoms with Crippen LogP contribution < -0.4 is 21.4 Å². The number of nitrogens with one attached hydrogen (secondary N) is 2. The molecule has 2 heterocycles. The van der Waals surface area contributed by atoms with E-state index in [0.29, 0.717) is 21.7 Å². The molecule has 0 aliphatic heterocycles. The van der Waals surface area contributed by atoms with Crippen molar-refractivity contribution in [2.45, 2.75) is 19.9 Å². The summed E-state index contributed by atoms with van der Waals surface area (Å²) in [5.41, 5.74) is 2.96. The third-order valence-corrected chi connectivity index (χ3v) is 4.72. The van der Waals surface area contributed by atoms with Gasteiger partial charge in [0.15, 0.2) is 22.7 Å². The molecule has 0 amide bonds. The van der Waals surface area contributed by atoms with E-state index in [1.807, 2.05) is 13.8 Å². The van der Waals surface area contributed by atoms with Crippen molar-refractivity contribution in [1.29, 1.82) is 0 Å². The second-order valence-corrected chi connectivity index (χ2v) is 7.17. The fourth-order valence-electron chi connectivity index (χ4n) is 2.77. The first-order valence-electron chi connectivity index (χ1n) is 8.31. The van der Waals surface area contributed by atoms with Gasteiger partial charge in [-0.3, -0.25) is 14.3 Å². The van der Waals surface area contributed by atoms with E-state index in [0.717, 1.165) is 0 Å². The molecule has 10 nitrogen and oxygen atoms in total. The number of phenols is 1. The van der Waals surface area contributed by atoms with E-state index in [-0.39, 0.29) is 23.0 Å². The van der Waals surface area contributed by atoms with Crippen LogP contribution in [0.3, 0.4) is 0 Å². The molecule has 28 heavy (non-hydrogen) atoms. The highest BCUT2D eigenvalue weighted by molar-refractivity contribution is 9.10. The molecule has 0 bridgehead atoms. The van der Waals surface area contributed by atoms with Crippen molar-refractivity contribution < 1.29 is 9.84 Å². The Hall–Kier alpha value is -3.08. The summed E-state index contributed by atoms with van der Waals surface area (Å²) in [4.78, 5) is 30.8. The van der Waals surface area contributed by atoms with Crippen molar-refractivity contribution in [2.75, 3.05) is 12.5 Å². The van der Waals surface area contributed by atoms with Gasteiger partial charge in [0, 0.05) is 13.1 Å². The van der Waals surface area contributed by atoms with Gasteiger partial charge in [0.05, 0.1) is 17.8 Å². The number of imidazole rings is 1. The van der Waals surface area contributed by atoms with Crippen LogP contribution in [0.4, 0.5) is 5.95 Å². The monoisotopic (exact) mass is 450 g/mol. The number of phenolic OH excluding ortho intramolecular Hbond substituents is 1. The minimum atomic E-state index is -0.540. The molecule has 0 aliphatic carbocycles. The zero-order valence-electron chi connectivity index (χ0n) is 15.6. The number of methoxy groups -OCH3 is 1. The smallest absolute Gasteiger partial charge is 0.329 e. The Morgan fingerprint density at radius 1 is 1.39 bits per heavy atom. The summed E-state index contributed by atoms with van der Waals surface area (Å²) in [6.07, 6.45) is 1.51. The van der Waals surface area contributed by atoms with E-state index in [1.54, 1.807) is 16.7 Å². The molecule has 2 aromatic heterocycles. The Morgan fingerprint density at radius 2 is 2.11 bits per heavy atom. The number of H-pyrrole nitrogens is 1. The number of anilines is 1. The van der Waals surface area contributed by atoms with Gasteiger partial charge in [-0.05, 0) is 47.5 Å². The van der Waals surface area contributed by atoms with E-state index in [4.69, 9.17) is 4.74 Å². The van der Waals surface area contributed by atoms with Crippen molar-refractivity contribution in [3.63, 3.8) is 0 Å². The number of aryl methyl sites for hydroxylation is 1. The predicted octanol–water partition coefficient (Wildman–Crippen LogP) is 1.93. The summed E-state index contributed by atoms with van der Waals surface area (Å²) in [5, 5.41) is 14.0. The topological polar surface area (TPSA) is 127 Å². The van der Waals surface area contributed by atoms with E-state index < -0.39 is 11.2 Å². The Morgan fingerprint density at radius 3 is 2.75 bits per heavy atom. The van der Waals surface area contributed by atoms with Crippen LogP contribution in [0.5, 0.6) is 11.5 Å². The molecule has 0 atom stereocenters. The lowest BCUT2D eigenvalue weighted by atomic mass is 10.2. The van der Waals surface area contributed by atoms with Gasteiger partial charge >= 0.3 is 5.69 Å². The average molecular weight is 451 g/mol. The number of hydrogen-bond acceptors (Lipinski definition) is 7. The second kappa shape index (κ2) is 7.50. The first-order chi connectivity index (χ1) is 13.2. The maximum Gasteiger partial charge on any atom is 0.329 e. The number of aromatic nitrogens is 4. The maximum absolute atomic E-state index is 12.3. The average Bonchev–Trinajstić information content (AvgIpc) is 3.03. The normalized spacial score (nSPS) is 11.6. The van der Waals surface area contributed by atoms with Gasteiger partial charge in [-0.2, -0.15) is 10.1 Å². The molecule has 1 aromatic carbocycles. The van der Waals surface area contributed by atoms with Gasteiger partial charge in [-0.25, -0.2) is 10.2 Å². The number of hydrogen-bond donors (Lipinski definition) is 3. The van der Waals surface area contributed by atoms with Crippen molar-refractivity contribution in [3.05, 3.63) is 43.0 Å². The highest BCUT2D eigenvalue weighted by Crippen LogP contribution is 2.34. The lowest BCUT2D eigenvalue weighted by Gasteiger charge is -2.11. The zero-order valence-corrected chi connectivity index (χ0v) is 17.2. The van der Waals surface area contributed by atoms with Crippen molar-refractivity contribution in [1.82, 2.24) is 19.1 Å². The summed E-state index contributed by atoms with van der Waals surface area (Å²) >= 11 is 3.25. The molecule has 3 rings (SSSR count). The van der Waals surface area contributed by atoms with Crippen LogP contribution in [0.2, 0.25) is 0 Å². The standard InChI is InChI=1S/C17H19BrN6O4/c1-8(2)24-12-14(23(3)17(27)21-15(12)26)20-16(24)22-19-7-9-5-10(18)13(25)11(6-9)28-4/h5-8,25H,1-4H3,(H,20,22)(H,21,26,27)/b19-7+. The highest BCUT2D eigenvalue weighted by Gasteiger charge is 2.18. The van der Waals surface area contributed by atoms with E-state index in [2.05, 4.69) is 36.4 Å². The van der Waals surface area contributed by atoms with Crippen molar-refractivity contribution in [3.8, 4) is 11.5 Å². The maximum atomic E-state index is 12.3. The summed E-state index contributed by atoms with van der Waals surface area (Å²) in [5.74, 6) is 0.610. The van der Waals surface area contributed by atoms with E-state index >= 15 is 0 Å². The molecular formula is C17H19BrN6O4. The van der Waals surface area contributed by atoms with Gasteiger partial charge in [0.2, 0.25) is 5.95 Å². The zero-order chi connectivity index (χ0) is 20.6. The molecule has 0 saturated carbocycles. The summed E-state index contributed by atoms with van der Waals surface area (Å²) < 4.78 is 8.51. The number of hydrazone groups is 1. The first-order valence-corrected chi connectivity index (χ1v) is 9.10. The van der Waals surface area contributed by atoms with Gasteiger partial charge in [-0.15, -0.1) is 0 Å². The van der Waals surface area contributed by atoms with Crippen LogP contribution in [0.15, 0.2) is 31.3 Å². The minimum absolute atomic E-state index is 0.00523. The SMILES string of the molecule is COc1cc(/C=N/Nc2nc3c(c(=O)[nH]c(=O)n3C)n2C(C)C)cc(Br)c1O. The molecule has 0 radical (unpaired) electrons. The largest absolute Gasteiger partial charge is 0.503 e. The molecule has 3 aromatic rings. The number of aromatic hydroxyl groups is 1. The molecule has 0 unspecified atom stereocenters. The summed E-state index contributed by atoms with van der Waals surface area (Å²) in [6, 6.07) is 3.18. The van der Waals surface area contributed by atoms with Crippen LogP contribution >= 0.6 is 15.9 Å². The van der Waals surface area contributed by atoms with Gasteiger partial charge in [-0.1, -0.05) is 0 Å². The van der Waals surface area contributed by atoms with Crippen molar-refractivity contribution in [2.24, 2.45) is 12.1 Å². The number of benzene rings is 1. The molecule has 0 spiro atoms. The third-order valence-electron chi connectivity index (χ3n) is 4.12. The molecule has 148 valence electrons. The molecule has 3 N–H and O–H groups in total. The number of rotatable bonds is 5. The number of halogens is 1. The molecule has 0 fully saturated rings. The lowest BCUT2D eigenvalue weighted by molar-refractivity contribution is 0.372. The fourth-order valence-corrected chi connectivity index (χ4v) is 3.23. The number of ether oxygens (including phenoxy) is 1. The van der Waals surface area contributed by atoms with E-state index in [9.17, 15) is 14.7 Å². The summed E-state index contributed by atoms with van der Waals surface area (Å²) in [6.45, 7) is 3.78. The Bertz CT molecular complexity index is 1190. The quantitative estimate of drug-likeness (QED) is 0.402. The first kappa shape index (κ1) is 19.7. The highest BCUT2D eigenvalue weighted by atomic mass is 79.9. The Balaban J connectivity index is 2.03. The lowest BCUT2D eigenvalue weighted by Crippen LogP contribution is -2.29. The van der Waals surface area contributed by atoms with Crippen LogP contribution in [-0.4, -0.2) is 37.5 Å². The van der Waals surface area contributed by atoms with Gasteiger partial charge < -0.3 is 14.4 Å². The molecule has 11 heteroatoms. The van der Waals surface area contributed by atoms with Crippen LogP contribution in [-0.2, 0) is 7.05 Å². The fraction of sp³-hybridized carbons (Fsp3) is 0.294. The van der Waals surface area contributed by atoms with Crippen LogP contribution in [0.25, 0.3) is 11.2 Å². The third kappa shape index (κ3) is 3.40. The second-order valence-electron chi connectivity index (χ2n) is 6.31. The van der Waals surface area contributed by atoms with Crippen LogP contribution in [0, 0.1) is 0 Å². The van der Waals surface area contributed by atoms with Crippen LogP contribution in [0.1, 0.15) is 25.5 Å². The molecular weight excluding hydrogens is 432 g/mol. The minimum Gasteiger partial charge on any atom is -0.503 e. The number of nitrogens with zero attached hydrogens (tertiary/aromatic N) is 4. The Kier molecular flexibility index (Phi) is 5.27. The van der Waals surface area contributed by atoms with Gasteiger partial charge in [0.1, 0.15) is 0 Å². The summed E-state index contributed by atoms with van der Waals surface area (Å²) in [7, 11) is 2.99. The predicted molar refractivity (Wildman–Crippen MR) is 110 cm³/mol. The molecule has 0 saturated heterocycles. The number of fused-ring (bicyclic) bond motifs is 1. The number of aromatic amines is 1.